The van der Waals surface area contributed by atoms with Crippen molar-refractivity contribution in [2.24, 2.45) is 0 Å². The zero-order chi connectivity index (χ0) is 14.8. The van der Waals surface area contributed by atoms with Gasteiger partial charge in [-0.15, -0.1) is 11.3 Å². The first kappa shape index (κ1) is 15.9. The summed E-state index contributed by atoms with van der Waals surface area (Å²) in [4.78, 5) is 1.54. The van der Waals surface area contributed by atoms with E-state index in [1.165, 1.54) is 11.3 Å². The van der Waals surface area contributed by atoms with Crippen molar-refractivity contribution < 1.29 is 8.42 Å². The third kappa shape index (κ3) is 3.08. The van der Waals surface area contributed by atoms with E-state index in [1.54, 1.807) is 9.69 Å². The Kier molecular flexibility index (Phi) is 5.23. The summed E-state index contributed by atoms with van der Waals surface area (Å²) in [5.74, 6) is 0. The minimum absolute atomic E-state index is 0.113. The number of hydrogen-bond acceptors (Lipinski definition) is 4. The third-order valence-electron chi connectivity index (χ3n) is 3.94. The molecule has 0 spiro atoms. The molecular weight excluding hydrogens is 292 g/mol. The summed E-state index contributed by atoms with van der Waals surface area (Å²) in [6.45, 7) is 7.75. The van der Waals surface area contributed by atoms with Crippen LogP contribution in [-0.4, -0.2) is 31.4 Å². The fraction of sp³-hybridized carbons (Fsp3) is 0.714. The van der Waals surface area contributed by atoms with Crippen molar-refractivity contribution in [1.29, 1.82) is 0 Å². The van der Waals surface area contributed by atoms with Crippen molar-refractivity contribution in [1.82, 2.24) is 9.62 Å². The van der Waals surface area contributed by atoms with Crippen LogP contribution in [0.4, 0.5) is 0 Å². The molecule has 1 aliphatic heterocycles. The molecule has 2 heterocycles. The van der Waals surface area contributed by atoms with Crippen LogP contribution < -0.4 is 5.32 Å². The van der Waals surface area contributed by atoms with Crippen molar-refractivity contribution in [2.45, 2.75) is 63.6 Å². The predicted molar refractivity (Wildman–Crippen MR) is 83.5 cm³/mol. The van der Waals surface area contributed by atoms with Crippen molar-refractivity contribution in [2.75, 3.05) is 6.54 Å². The molecule has 1 aromatic rings. The fourth-order valence-corrected chi connectivity index (χ4v) is 6.01. The highest BCUT2D eigenvalue weighted by Gasteiger charge is 2.39. The minimum Gasteiger partial charge on any atom is -0.312 e. The van der Waals surface area contributed by atoms with Crippen LogP contribution in [0.3, 0.4) is 0 Å². The molecule has 0 radical (unpaired) electrons. The van der Waals surface area contributed by atoms with Crippen molar-refractivity contribution in [3.05, 3.63) is 16.3 Å². The van der Waals surface area contributed by atoms with E-state index in [0.29, 0.717) is 4.90 Å². The van der Waals surface area contributed by atoms with Gasteiger partial charge in [-0.3, -0.25) is 0 Å². The van der Waals surface area contributed by atoms with E-state index >= 15 is 0 Å². The molecule has 0 amide bonds. The van der Waals surface area contributed by atoms with E-state index < -0.39 is 10.0 Å². The molecule has 6 heteroatoms. The molecule has 0 aliphatic carbocycles. The maximum atomic E-state index is 12.8. The summed E-state index contributed by atoms with van der Waals surface area (Å²) >= 11 is 1.52. The molecule has 114 valence electrons. The molecule has 4 nitrogen and oxygen atoms in total. The van der Waals surface area contributed by atoms with E-state index in [4.69, 9.17) is 0 Å². The Balaban J connectivity index is 2.23. The quantitative estimate of drug-likeness (QED) is 0.878. The van der Waals surface area contributed by atoms with Gasteiger partial charge in [-0.1, -0.05) is 13.8 Å². The molecule has 2 unspecified atom stereocenters. The molecule has 1 N–H and O–H groups in total. The molecule has 0 bridgehead atoms. The zero-order valence-electron chi connectivity index (χ0n) is 12.4. The normalized spacial score (nSPS) is 24.4. The average molecular weight is 316 g/mol. The topological polar surface area (TPSA) is 49.4 Å². The van der Waals surface area contributed by atoms with Gasteiger partial charge in [0.25, 0.3) is 0 Å². The molecule has 1 aromatic heterocycles. The first-order valence-electron chi connectivity index (χ1n) is 7.32. The van der Waals surface area contributed by atoms with Gasteiger partial charge in [0, 0.05) is 28.9 Å². The molecule has 20 heavy (non-hydrogen) atoms. The van der Waals surface area contributed by atoms with E-state index in [0.717, 1.165) is 37.2 Å². The van der Waals surface area contributed by atoms with Gasteiger partial charge in [0.05, 0.1) is 4.90 Å². The average Bonchev–Trinajstić information content (AvgIpc) is 3.03. The molecule has 0 saturated carbocycles. The zero-order valence-corrected chi connectivity index (χ0v) is 14.1. The Hall–Kier alpha value is -0.430. The van der Waals surface area contributed by atoms with Crippen LogP contribution in [0.25, 0.3) is 0 Å². The minimum atomic E-state index is -3.34. The van der Waals surface area contributed by atoms with Crippen molar-refractivity contribution >= 4 is 21.4 Å². The number of nitrogens with one attached hydrogen (secondary N) is 1. The van der Waals surface area contributed by atoms with Gasteiger partial charge in [0.2, 0.25) is 10.0 Å². The summed E-state index contributed by atoms with van der Waals surface area (Å²) in [5.41, 5.74) is 0. The van der Waals surface area contributed by atoms with Gasteiger partial charge in [-0.25, -0.2) is 8.42 Å². The maximum absolute atomic E-state index is 12.8. The number of hydrogen-bond donors (Lipinski definition) is 1. The van der Waals surface area contributed by atoms with Crippen LogP contribution in [0, 0.1) is 0 Å². The second-order valence-electron chi connectivity index (χ2n) is 5.35. The molecule has 1 saturated heterocycles. The van der Waals surface area contributed by atoms with Crippen LogP contribution in [0.1, 0.15) is 44.9 Å². The van der Waals surface area contributed by atoms with Gasteiger partial charge >= 0.3 is 0 Å². The Morgan fingerprint density at radius 3 is 2.80 bits per heavy atom. The smallest absolute Gasteiger partial charge is 0.244 e. The van der Waals surface area contributed by atoms with Crippen molar-refractivity contribution in [3.8, 4) is 0 Å². The Morgan fingerprint density at radius 2 is 2.15 bits per heavy atom. The van der Waals surface area contributed by atoms with Crippen LogP contribution in [-0.2, 0) is 16.6 Å². The molecular formula is C14H24N2O2S2. The summed E-state index contributed by atoms with van der Waals surface area (Å²) in [6, 6.07) is 2.09. The highest BCUT2D eigenvalue weighted by atomic mass is 32.2. The maximum Gasteiger partial charge on any atom is 0.244 e. The highest BCUT2D eigenvalue weighted by molar-refractivity contribution is 7.89. The largest absolute Gasteiger partial charge is 0.312 e. The Morgan fingerprint density at radius 1 is 1.40 bits per heavy atom. The Labute approximate surface area is 126 Å². The lowest BCUT2D eigenvalue weighted by molar-refractivity contribution is 0.329. The fourth-order valence-electron chi connectivity index (χ4n) is 2.82. The van der Waals surface area contributed by atoms with Gasteiger partial charge in [0.1, 0.15) is 0 Å². The number of rotatable bonds is 6. The molecule has 2 atom stereocenters. The van der Waals surface area contributed by atoms with E-state index in [9.17, 15) is 8.42 Å². The van der Waals surface area contributed by atoms with Crippen molar-refractivity contribution in [3.63, 3.8) is 0 Å². The van der Waals surface area contributed by atoms with E-state index in [-0.39, 0.29) is 12.1 Å². The summed E-state index contributed by atoms with van der Waals surface area (Å²) in [5, 5.41) is 5.01. The summed E-state index contributed by atoms with van der Waals surface area (Å²) in [7, 11) is -3.34. The van der Waals surface area contributed by atoms with Gasteiger partial charge in [0.15, 0.2) is 0 Å². The molecule has 1 fully saturated rings. The number of nitrogens with zero attached hydrogens (tertiary/aromatic N) is 1. The lowest BCUT2D eigenvalue weighted by Crippen LogP contribution is -2.39. The van der Waals surface area contributed by atoms with Crippen LogP contribution >= 0.6 is 11.3 Å². The molecule has 1 aliphatic rings. The Bertz CT molecular complexity index is 539. The standard InChI is InChI=1S/C14H24N2O2S2/c1-4-12-7-6-11(3)16(12)20(17,18)14-8-13(19-10-14)9-15-5-2/h8,10-12,15H,4-7,9H2,1-3H3. The second-order valence-corrected chi connectivity index (χ2v) is 8.19. The van der Waals surface area contributed by atoms with Gasteiger partial charge in [-0.05, 0) is 38.8 Å². The summed E-state index contributed by atoms with van der Waals surface area (Å²) < 4.78 is 27.4. The van der Waals surface area contributed by atoms with Crippen LogP contribution in [0.5, 0.6) is 0 Å². The molecule has 0 aromatic carbocycles. The van der Waals surface area contributed by atoms with Crippen LogP contribution in [0.2, 0.25) is 0 Å². The van der Waals surface area contributed by atoms with E-state index in [1.807, 2.05) is 19.9 Å². The monoisotopic (exact) mass is 316 g/mol. The summed E-state index contributed by atoms with van der Waals surface area (Å²) in [6.07, 6.45) is 2.83. The highest BCUT2D eigenvalue weighted by Crippen LogP contribution is 2.33. The van der Waals surface area contributed by atoms with Crippen LogP contribution in [0.15, 0.2) is 16.3 Å². The molecule has 2 rings (SSSR count). The number of sulfonamides is 1. The third-order valence-corrected chi connectivity index (χ3v) is 7.07. The lowest BCUT2D eigenvalue weighted by Gasteiger charge is -2.26. The SMILES string of the molecule is CCNCc1cc(S(=O)(=O)N2C(C)CCC2CC)cs1. The lowest BCUT2D eigenvalue weighted by atomic mass is 10.2. The number of thiophene rings is 1. The predicted octanol–water partition coefficient (Wildman–Crippen LogP) is 2.81. The van der Waals surface area contributed by atoms with Gasteiger partial charge in [-0.2, -0.15) is 4.31 Å². The van der Waals surface area contributed by atoms with E-state index in [2.05, 4.69) is 12.2 Å². The first-order valence-corrected chi connectivity index (χ1v) is 9.64. The van der Waals surface area contributed by atoms with Gasteiger partial charge < -0.3 is 5.32 Å². The second kappa shape index (κ2) is 6.56. The first-order chi connectivity index (χ1) is 9.50.